The fourth-order valence-corrected chi connectivity index (χ4v) is 3.08. The van der Waals surface area contributed by atoms with E-state index in [0.717, 1.165) is 0 Å². The van der Waals surface area contributed by atoms with E-state index in [9.17, 15) is 9.36 Å². The van der Waals surface area contributed by atoms with Crippen molar-refractivity contribution in [3.63, 3.8) is 0 Å². The molecule has 0 N–H and O–H groups in total. The van der Waals surface area contributed by atoms with Crippen molar-refractivity contribution in [3.05, 3.63) is 12.2 Å². The number of phosphoric ester groups is 1. The summed E-state index contributed by atoms with van der Waals surface area (Å²) in [5.41, 5.74) is 0. The Morgan fingerprint density at radius 1 is 1.16 bits per heavy atom. The van der Waals surface area contributed by atoms with Crippen LogP contribution in [0.2, 0.25) is 0 Å². The van der Waals surface area contributed by atoms with Gasteiger partial charge in [-0.05, 0) is 32.8 Å². The molecule has 7 heteroatoms. The van der Waals surface area contributed by atoms with Gasteiger partial charge in [-0.3, -0.25) is 18.4 Å². The molecule has 0 aliphatic heterocycles. The maximum Gasteiger partial charge on any atom is 0.475 e. The lowest BCUT2D eigenvalue weighted by atomic mass is 10.0. The van der Waals surface area contributed by atoms with Crippen molar-refractivity contribution in [3.8, 4) is 0 Å². The van der Waals surface area contributed by atoms with E-state index in [-0.39, 0.29) is 31.4 Å². The molecule has 6 nitrogen and oxygen atoms in total. The van der Waals surface area contributed by atoms with Gasteiger partial charge >= 0.3 is 13.8 Å². The highest BCUT2D eigenvalue weighted by molar-refractivity contribution is 7.48. The molecule has 0 radical (unpaired) electrons. The molecule has 0 aromatic heterocycles. The van der Waals surface area contributed by atoms with Crippen molar-refractivity contribution in [1.29, 1.82) is 0 Å². The second-order valence-corrected chi connectivity index (χ2v) is 5.66. The zero-order valence-electron chi connectivity index (χ0n) is 11.5. The Balaban J connectivity index is 2.54. The first-order valence-electron chi connectivity index (χ1n) is 6.42. The first-order chi connectivity index (χ1) is 8.99. The monoisotopic (exact) mass is 292 g/mol. The maximum absolute atomic E-state index is 12.2. The average Bonchev–Trinajstić information content (AvgIpc) is 2.31. The van der Waals surface area contributed by atoms with Crippen molar-refractivity contribution in [1.82, 2.24) is 0 Å². The van der Waals surface area contributed by atoms with Crippen molar-refractivity contribution in [2.45, 2.75) is 45.8 Å². The topological polar surface area (TPSA) is 71.1 Å². The van der Waals surface area contributed by atoms with Crippen LogP contribution in [0.1, 0.15) is 33.6 Å². The van der Waals surface area contributed by atoms with Crippen molar-refractivity contribution >= 4 is 13.8 Å². The molecule has 0 bridgehead atoms. The van der Waals surface area contributed by atoms with Crippen LogP contribution in [0.3, 0.4) is 0 Å². The van der Waals surface area contributed by atoms with Crippen molar-refractivity contribution in [2.24, 2.45) is 0 Å². The molecular weight excluding hydrogens is 271 g/mol. The normalized spacial score (nSPS) is 23.3. The maximum atomic E-state index is 12.2. The van der Waals surface area contributed by atoms with Gasteiger partial charge in [0.25, 0.3) is 0 Å². The second kappa shape index (κ2) is 7.80. The van der Waals surface area contributed by atoms with Crippen molar-refractivity contribution < 1.29 is 27.7 Å². The van der Waals surface area contributed by atoms with E-state index in [1.165, 1.54) is 6.92 Å². The summed E-state index contributed by atoms with van der Waals surface area (Å²) in [6.45, 7) is 5.33. The molecule has 0 heterocycles. The van der Waals surface area contributed by atoms with E-state index in [1.807, 2.05) is 0 Å². The molecule has 2 atom stereocenters. The average molecular weight is 292 g/mol. The highest BCUT2D eigenvalue weighted by Crippen LogP contribution is 2.51. The number of hydrogen-bond acceptors (Lipinski definition) is 6. The summed E-state index contributed by atoms with van der Waals surface area (Å²) in [6, 6.07) is 0. The minimum atomic E-state index is -3.49. The Morgan fingerprint density at radius 3 is 2.11 bits per heavy atom. The Morgan fingerprint density at radius 2 is 1.68 bits per heavy atom. The summed E-state index contributed by atoms with van der Waals surface area (Å²) in [6.07, 6.45) is 4.09. The number of esters is 1. The van der Waals surface area contributed by atoms with Crippen LogP contribution in [0.25, 0.3) is 0 Å². The molecule has 0 saturated carbocycles. The van der Waals surface area contributed by atoms with E-state index in [0.29, 0.717) is 12.8 Å². The third-order valence-corrected chi connectivity index (χ3v) is 4.11. The van der Waals surface area contributed by atoms with Crippen molar-refractivity contribution in [2.75, 3.05) is 13.2 Å². The molecule has 0 saturated heterocycles. The Kier molecular flexibility index (Phi) is 6.72. The summed E-state index contributed by atoms with van der Waals surface area (Å²) in [7, 11) is -3.49. The number of carbonyl (C=O) groups excluding carboxylic acids is 1. The minimum Gasteiger partial charge on any atom is -0.458 e. The molecule has 0 fully saturated rings. The van der Waals surface area contributed by atoms with E-state index in [4.69, 9.17) is 18.3 Å². The third kappa shape index (κ3) is 5.87. The fourth-order valence-electron chi connectivity index (χ4n) is 1.75. The number of ether oxygens (including phenoxy) is 1. The minimum absolute atomic E-state index is 0.240. The molecule has 110 valence electrons. The van der Waals surface area contributed by atoms with Gasteiger partial charge in [-0.1, -0.05) is 6.08 Å². The third-order valence-electron chi connectivity index (χ3n) is 2.43. The fraction of sp³-hybridized carbons (Fsp3) is 0.750. The highest BCUT2D eigenvalue weighted by Gasteiger charge is 2.30. The molecule has 0 amide bonds. The standard InChI is InChI=1S/C12H21O6P/c1-4-15-19(14,16-5-2)18-12-8-6-11(7-9-12)17-10(3)13/h6,8,11-12H,4-5,7,9H2,1-3H3/t11-,12+/m0/s1. The van der Waals surface area contributed by atoms with Crippen LogP contribution in [-0.2, 0) is 27.7 Å². The smallest absolute Gasteiger partial charge is 0.458 e. The Hall–Kier alpha value is -0.680. The Labute approximate surface area is 113 Å². The molecule has 0 spiro atoms. The largest absolute Gasteiger partial charge is 0.475 e. The summed E-state index contributed by atoms with van der Waals surface area (Å²) in [5, 5.41) is 0. The molecule has 0 aromatic carbocycles. The SMILES string of the molecule is CCOP(=O)(OCC)O[C@@H]1C=C[C@H](OC(C)=O)CC1. The van der Waals surface area contributed by atoms with Gasteiger partial charge in [0.2, 0.25) is 0 Å². The van der Waals surface area contributed by atoms with Crippen LogP contribution >= 0.6 is 7.82 Å². The zero-order chi connectivity index (χ0) is 14.3. The van der Waals surface area contributed by atoms with E-state index < -0.39 is 7.82 Å². The Bertz CT molecular complexity index is 357. The van der Waals surface area contributed by atoms with E-state index in [2.05, 4.69) is 0 Å². The van der Waals surface area contributed by atoms with Gasteiger partial charge in [-0.25, -0.2) is 4.57 Å². The molecule has 1 rings (SSSR count). The van der Waals surface area contributed by atoms with Crippen LogP contribution in [0.15, 0.2) is 12.2 Å². The first kappa shape index (κ1) is 16.4. The number of hydrogen-bond donors (Lipinski definition) is 0. The van der Waals surface area contributed by atoms with Gasteiger partial charge in [0, 0.05) is 6.92 Å². The number of carbonyl (C=O) groups is 1. The van der Waals surface area contributed by atoms with Crippen LogP contribution < -0.4 is 0 Å². The van der Waals surface area contributed by atoms with Gasteiger partial charge in [0.15, 0.2) is 0 Å². The van der Waals surface area contributed by atoms with Crippen LogP contribution in [-0.4, -0.2) is 31.4 Å². The van der Waals surface area contributed by atoms with Crippen LogP contribution in [0, 0.1) is 0 Å². The van der Waals surface area contributed by atoms with Gasteiger partial charge in [-0.15, -0.1) is 0 Å². The van der Waals surface area contributed by atoms with Gasteiger partial charge in [0.05, 0.1) is 19.3 Å². The lowest BCUT2D eigenvalue weighted by Gasteiger charge is -2.25. The molecular formula is C12H21O6P. The molecule has 0 aromatic rings. The molecule has 0 unspecified atom stereocenters. The van der Waals surface area contributed by atoms with Gasteiger partial charge in [-0.2, -0.15) is 0 Å². The number of rotatable bonds is 7. The molecule has 1 aliphatic rings. The summed E-state index contributed by atoms with van der Waals surface area (Å²) < 4.78 is 32.7. The van der Waals surface area contributed by atoms with Gasteiger partial charge < -0.3 is 4.74 Å². The lowest BCUT2D eigenvalue weighted by Crippen LogP contribution is -2.23. The van der Waals surface area contributed by atoms with Crippen LogP contribution in [0.4, 0.5) is 0 Å². The number of phosphoric acid groups is 1. The second-order valence-electron chi connectivity index (χ2n) is 4.04. The summed E-state index contributed by atoms with van der Waals surface area (Å²) in [5.74, 6) is -0.316. The first-order valence-corrected chi connectivity index (χ1v) is 7.88. The predicted octanol–water partition coefficient (Wildman–Crippen LogP) is 2.83. The van der Waals surface area contributed by atoms with Gasteiger partial charge in [0.1, 0.15) is 6.10 Å². The molecule has 19 heavy (non-hydrogen) atoms. The zero-order valence-corrected chi connectivity index (χ0v) is 12.4. The summed E-state index contributed by atoms with van der Waals surface area (Å²) >= 11 is 0. The predicted molar refractivity (Wildman–Crippen MR) is 69.7 cm³/mol. The van der Waals surface area contributed by atoms with E-state index in [1.54, 1.807) is 26.0 Å². The van der Waals surface area contributed by atoms with Crippen LogP contribution in [0.5, 0.6) is 0 Å². The van der Waals surface area contributed by atoms with E-state index >= 15 is 0 Å². The quantitative estimate of drug-likeness (QED) is 0.408. The highest BCUT2D eigenvalue weighted by atomic mass is 31.2. The lowest BCUT2D eigenvalue weighted by molar-refractivity contribution is -0.144. The molecule has 1 aliphatic carbocycles. The summed E-state index contributed by atoms with van der Waals surface area (Å²) in [4.78, 5) is 10.8.